The average Bonchev–Trinajstić information content (AvgIpc) is 2.52. The van der Waals surface area contributed by atoms with Crippen LogP contribution in [0.5, 0.6) is 5.75 Å². The number of rotatable bonds is 5. The van der Waals surface area contributed by atoms with E-state index in [1.807, 2.05) is 25.1 Å². The molecule has 120 valence electrons. The molecule has 0 radical (unpaired) electrons. The second kappa shape index (κ2) is 7.23. The van der Waals surface area contributed by atoms with Crippen LogP contribution in [0, 0.1) is 17.0 Å². The Labute approximate surface area is 142 Å². The monoisotopic (exact) mass is 378 g/mol. The Kier molecular flexibility index (Phi) is 5.33. The molecule has 6 nitrogen and oxygen atoms in total. The molecule has 0 bridgehead atoms. The van der Waals surface area contributed by atoms with Crippen LogP contribution in [-0.4, -0.2) is 24.5 Å². The zero-order chi connectivity index (χ0) is 17.0. The first-order valence-corrected chi connectivity index (χ1v) is 7.58. The zero-order valence-corrected chi connectivity index (χ0v) is 14.2. The number of ether oxygens (including phenoxy) is 1. The molecule has 0 N–H and O–H groups in total. The van der Waals surface area contributed by atoms with E-state index in [0.29, 0.717) is 5.75 Å². The molecule has 0 aromatic heterocycles. The molecule has 7 heteroatoms. The summed E-state index contributed by atoms with van der Waals surface area (Å²) in [7, 11) is 1.68. The maximum atomic E-state index is 12.2. The van der Waals surface area contributed by atoms with Crippen molar-refractivity contribution in [1.29, 1.82) is 0 Å². The van der Waals surface area contributed by atoms with Crippen LogP contribution in [-0.2, 0) is 4.79 Å². The van der Waals surface area contributed by atoms with Gasteiger partial charge in [0.25, 0.3) is 11.6 Å². The maximum absolute atomic E-state index is 12.2. The highest BCUT2D eigenvalue weighted by Gasteiger charge is 2.14. The Hall–Kier alpha value is -2.41. The van der Waals surface area contributed by atoms with E-state index in [9.17, 15) is 14.9 Å². The first-order chi connectivity index (χ1) is 10.9. The predicted molar refractivity (Wildman–Crippen MR) is 90.9 cm³/mol. The molecule has 2 rings (SSSR count). The number of hydrogen-bond acceptors (Lipinski definition) is 4. The van der Waals surface area contributed by atoms with Gasteiger partial charge in [-0.3, -0.25) is 14.9 Å². The van der Waals surface area contributed by atoms with Gasteiger partial charge in [0.1, 0.15) is 5.75 Å². The summed E-state index contributed by atoms with van der Waals surface area (Å²) in [6, 6.07) is 11.3. The van der Waals surface area contributed by atoms with Crippen LogP contribution < -0.4 is 9.64 Å². The van der Waals surface area contributed by atoms with Crippen LogP contribution in [0.2, 0.25) is 0 Å². The van der Waals surface area contributed by atoms with Crippen molar-refractivity contribution in [3.05, 3.63) is 62.6 Å². The van der Waals surface area contributed by atoms with Crippen molar-refractivity contribution in [3.63, 3.8) is 0 Å². The summed E-state index contributed by atoms with van der Waals surface area (Å²) in [4.78, 5) is 23.8. The van der Waals surface area contributed by atoms with Gasteiger partial charge in [0, 0.05) is 29.3 Å². The van der Waals surface area contributed by atoms with Gasteiger partial charge in [0.15, 0.2) is 6.61 Å². The van der Waals surface area contributed by atoms with Crippen molar-refractivity contribution >= 4 is 33.2 Å². The first-order valence-electron chi connectivity index (χ1n) is 6.78. The van der Waals surface area contributed by atoms with Crippen LogP contribution in [0.15, 0.2) is 46.9 Å². The highest BCUT2D eigenvalue weighted by molar-refractivity contribution is 9.10. The van der Waals surface area contributed by atoms with Gasteiger partial charge in [-0.05, 0) is 42.8 Å². The second-order valence-corrected chi connectivity index (χ2v) is 5.84. The first kappa shape index (κ1) is 17.0. The van der Waals surface area contributed by atoms with Gasteiger partial charge in [-0.25, -0.2) is 0 Å². The van der Waals surface area contributed by atoms with E-state index in [-0.39, 0.29) is 18.2 Å². The molecule has 0 heterocycles. The van der Waals surface area contributed by atoms with Gasteiger partial charge < -0.3 is 9.64 Å². The van der Waals surface area contributed by atoms with Gasteiger partial charge in [0.2, 0.25) is 0 Å². The number of aryl methyl sites for hydroxylation is 1. The van der Waals surface area contributed by atoms with Crippen LogP contribution in [0.1, 0.15) is 5.56 Å². The topological polar surface area (TPSA) is 72.7 Å². The molecule has 0 aliphatic rings. The van der Waals surface area contributed by atoms with E-state index < -0.39 is 4.92 Å². The number of carbonyl (C=O) groups is 1. The van der Waals surface area contributed by atoms with E-state index in [1.165, 1.54) is 29.2 Å². The van der Waals surface area contributed by atoms with Crippen LogP contribution in [0.3, 0.4) is 0 Å². The number of carbonyl (C=O) groups excluding carboxylic acids is 1. The predicted octanol–water partition coefficient (Wildman–Crippen LogP) is 3.71. The zero-order valence-electron chi connectivity index (χ0n) is 12.7. The fourth-order valence-corrected chi connectivity index (χ4v) is 2.51. The van der Waals surface area contributed by atoms with E-state index in [2.05, 4.69) is 15.9 Å². The molecule has 0 saturated carbocycles. The van der Waals surface area contributed by atoms with Crippen molar-refractivity contribution in [2.75, 3.05) is 18.6 Å². The van der Waals surface area contributed by atoms with Crippen LogP contribution >= 0.6 is 15.9 Å². The number of nitro groups is 1. The Bertz CT molecular complexity index is 731. The number of nitrogens with zero attached hydrogens (tertiary/aromatic N) is 2. The third-order valence-corrected chi connectivity index (χ3v) is 3.80. The Morgan fingerprint density at radius 1 is 1.26 bits per heavy atom. The lowest BCUT2D eigenvalue weighted by atomic mass is 10.2. The molecular formula is C16H15BrN2O4. The molecule has 0 atom stereocenters. The largest absolute Gasteiger partial charge is 0.484 e. The Morgan fingerprint density at radius 3 is 2.48 bits per heavy atom. The summed E-state index contributed by atoms with van der Waals surface area (Å²) >= 11 is 3.38. The number of hydrogen-bond donors (Lipinski definition) is 0. The minimum Gasteiger partial charge on any atom is -0.484 e. The van der Waals surface area contributed by atoms with Gasteiger partial charge in [-0.15, -0.1) is 0 Å². The molecule has 0 aliphatic heterocycles. The average molecular weight is 379 g/mol. The van der Waals surface area contributed by atoms with E-state index >= 15 is 0 Å². The maximum Gasteiger partial charge on any atom is 0.269 e. The van der Waals surface area contributed by atoms with E-state index in [0.717, 1.165) is 15.7 Å². The van der Waals surface area contributed by atoms with Crippen molar-refractivity contribution in [2.45, 2.75) is 6.92 Å². The smallest absolute Gasteiger partial charge is 0.269 e. The lowest BCUT2D eigenvalue weighted by Crippen LogP contribution is -2.31. The molecule has 23 heavy (non-hydrogen) atoms. The molecule has 0 saturated heterocycles. The normalized spacial score (nSPS) is 10.2. The molecule has 0 fully saturated rings. The minimum atomic E-state index is -0.487. The highest BCUT2D eigenvalue weighted by atomic mass is 79.9. The summed E-state index contributed by atoms with van der Waals surface area (Å²) in [5, 5.41) is 10.6. The quantitative estimate of drug-likeness (QED) is 0.587. The molecular weight excluding hydrogens is 364 g/mol. The number of amides is 1. The fourth-order valence-electron chi connectivity index (χ4n) is 2.04. The van der Waals surface area contributed by atoms with Crippen molar-refractivity contribution in [2.24, 2.45) is 0 Å². The van der Waals surface area contributed by atoms with Crippen LogP contribution in [0.4, 0.5) is 11.4 Å². The van der Waals surface area contributed by atoms with Gasteiger partial charge in [0.05, 0.1) is 4.92 Å². The molecule has 0 aliphatic carbocycles. The number of likely N-dealkylation sites (N-methyl/N-ethyl adjacent to an activating group) is 1. The van der Waals surface area contributed by atoms with E-state index in [1.54, 1.807) is 7.05 Å². The molecule has 0 unspecified atom stereocenters. The Balaban J connectivity index is 1.99. The number of nitro benzene ring substituents is 1. The van der Waals surface area contributed by atoms with Crippen molar-refractivity contribution < 1.29 is 14.5 Å². The summed E-state index contributed by atoms with van der Waals surface area (Å²) < 4.78 is 6.33. The molecule has 2 aromatic carbocycles. The molecule has 1 amide bonds. The standard InChI is InChI=1S/C16H15BrN2O4/c1-11-9-12(17)3-8-15(11)18(2)16(20)10-23-14-6-4-13(5-7-14)19(21)22/h3-9H,10H2,1-2H3. The third-order valence-electron chi connectivity index (χ3n) is 3.30. The minimum absolute atomic E-state index is 0.0220. The van der Waals surface area contributed by atoms with Crippen LogP contribution in [0.25, 0.3) is 0 Å². The summed E-state index contributed by atoms with van der Waals surface area (Å²) in [5.41, 5.74) is 1.74. The second-order valence-electron chi connectivity index (χ2n) is 4.92. The summed E-state index contributed by atoms with van der Waals surface area (Å²) in [6.07, 6.45) is 0. The fraction of sp³-hybridized carbons (Fsp3) is 0.188. The highest BCUT2D eigenvalue weighted by Crippen LogP contribution is 2.23. The van der Waals surface area contributed by atoms with E-state index in [4.69, 9.17) is 4.74 Å². The van der Waals surface area contributed by atoms with Gasteiger partial charge >= 0.3 is 0 Å². The molecule has 2 aromatic rings. The summed E-state index contributed by atoms with van der Waals surface area (Å²) in [5.74, 6) is 0.193. The number of non-ortho nitro benzene ring substituents is 1. The van der Waals surface area contributed by atoms with Gasteiger partial charge in [-0.2, -0.15) is 0 Å². The van der Waals surface area contributed by atoms with Gasteiger partial charge in [-0.1, -0.05) is 15.9 Å². The lowest BCUT2D eigenvalue weighted by Gasteiger charge is -2.20. The number of halogens is 1. The number of benzene rings is 2. The lowest BCUT2D eigenvalue weighted by molar-refractivity contribution is -0.384. The van der Waals surface area contributed by atoms with Crippen molar-refractivity contribution in [1.82, 2.24) is 0 Å². The van der Waals surface area contributed by atoms with Crippen molar-refractivity contribution in [3.8, 4) is 5.75 Å². The SMILES string of the molecule is Cc1cc(Br)ccc1N(C)C(=O)COc1ccc([N+](=O)[O-])cc1. The summed E-state index contributed by atoms with van der Waals surface area (Å²) in [6.45, 7) is 1.77. The third kappa shape index (κ3) is 4.29. The molecule has 0 spiro atoms. The number of anilines is 1. The Morgan fingerprint density at radius 2 is 1.91 bits per heavy atom.